The van der Waals surface area contributed by atoms with Crippen LogP contribution in [0.3, 0.4) is 0 Å². The van der Waals surface area contributed by atoms with E-state index < -0.39 is 23.3 Å². The third-order valence-electron chi connectivity index (χ3n) is 5.14. The summed E-state index contributed by atoms with van der Waals surface area (Å²) in [7, 11) is 0. The minimum Gasteiger partial charge on any atom is -0.315 e. The highest BCUT2D eigenvalue weighted by Gasteiger charge is 2.62. The highest BCUT2D eigenvalue weighted by atomic mass is 19.4. The second-order valence-corrected chi connectivity index (χ2v) is 6.34. The molecule has 0 amide bonds. The molecule has 1 aliphatic carbocycles. The van der Waals surface area contributed by atoms with Gasteiger partial charge in [-0.15, -0.1) is 0 Å². The highest BCUT2D eigenvalue weighted by molar-refractivity contribution is 5.88. The zero-order valence-electron chi connectivity index (χ0n) is 11.5. The molecule has 0 aromatic heterocycles. The van der Waals surface area contributed by atoms with E-state index in [0.717, 1.165) is 6.42 Å². The van der Waals surface area contributed by atoms with Crippen LogP contribution >= 0.6 is 0 Å². The van der Waals surface area contributed by atoms with Crippen LogP contribution < -0.4 is 5.32 Å². The van der Waals surface area contributed by atoms with Crippen LogP contribution in [0, 0.1) is 23.2 Å². The average molecular weight is 277 g/mol. The van der Waals surface area contributed by atoms with E-state index in [0.29, 0.717) is 24.7 Å². The fourth-order valence-corrected chi connectivity index (χ4v) is 3.46. The van der Waals surface area contributed by atoms with E-state index in [2.05, 4.69) is 12.2 Å². The first-order valence-corrected chi connectivity index (χ1v) is 7.09. The molecule has 1 saturated heterocycles. The topological polar surface area (TPSA) is 29.1 Å². The monoisotopic (exact) mass is 277 g/mol. The van der Waals surface area contributed by atoms with E-state index in [9.17, 15) is 18.0 Å². The molecule has 2 fully saturated rings. The van der Waals surface area contributed by atoms with Crippen molar-refractivity contribution in [1.29, 1.82) is 0 Å². The molecule has 1 saturated carbocycles. The number of rotatable bonds is 2. The summed E-state index contributed by atoms with van der Waals surface area (Å²) >= 11 is 0. The van der Waals surface area contributed by atoms with Crippen molar-refractivity contribution >= 4 is 5.78 Å². The number of carbonyl (C=O) groups is 1. The molecule has 2 nitrogen and oxygen atoms in total. The number of halogens is 3. The normalized spacial score (nSPS) is 40.4. The Morgan fingerprint density at radius 2 is 1.89 bits per heavy atom. The minimum absolute atomic E-state index is 0.101. The standard InChI is InChI=1S/C14H22F3NO/c1-9-3-4-11(7-10(9)2)12(19)13(14(15,16)17)5-6-18-8-13/h9-11,18H,3-8H2,1-2H3. The van der Waals surface area contributed by atoms with Crippen molar-refractivity contribution in [3.8, 4) is 0 Å². The van der Waals surface area contributed by atoms with E-state index in [1.165, 1.54) is 0 Å². The Balaban J connectivity index is 2.17. The Bertz CT molecular complexity index is 347. The molecule has 0 bridgehead atoms. The molecule has 2 rings (SSSR count). The molecule has 1 heterocycles. The van der Waals surface area contributed by atoms with Gasteiger partial charge in [-0.25, -0.2) is 0 Å². The first-order valence-electron chi connectivity index (χ1n) is 7.09. The van der Waals surface area contributed by atoms with E-state index in [1.54, 1.807) is 0 Å². The number of ketones is 1. The van der Waals surface area contributed by atoms with E-state index in [-0.39, 0.29) is 19.5 Å². The molecule has 0 aromatic carbocycles. The van der Waals surface area contributed by atoms with Crippen molar-refractivity contribution in [2.45, 2.75) is 45.7 Å². The summed E-state index contributed by atoms with van der Waals surface area (Å²) in [6.07, 6.45) is -2.45. The van der Waals surface area contributed by atoms with Gasteiger partial charge in [0.05, 0.1) is 0 Å². The lowest BCUT2D eigenvalue weighted by molar-refractivity contribution is -0.217. The van der Waals surface area contributed by atoms with Gasteiger partial charge in [-0.2, -0.15) is 13.2 Å². The van der Waals surface area contributed by atoms with Crippen molar-refractivity contribution < 1.29 is 18.0 Å². The molecule has 5 heteroatoms. The summed E-state index contributed by atoms with van der Waals surface area (Å²) in [5, 5.41) is 2.72. The van der Waals surface area contributed by atoms with Gasteiger partial charge in [0.1, 0.15) is 5.41 Å². The van der Waals surface area contributed by atoms with Crippen LogP contribution in [-0.4, -0.2) is 25.0 Å². The molecule has 0 spiro atoms. The lowest BCUT2D eigenvalue weighted by Gasteiger charge is -2.37. The van der Waals surface area contributed by atoms with Crippen LogP contribution in [0.15, 0.2) is 0 Å². The molecule has 2 aliphatic rings. The molecule has 110 valence electrons. The summed E-state index contributed by atoms with van der Waals surface area (Å²) in [5.74, 6) is -0.133. The number of carbonyl (C=O) groups excluding carboxylic acids is 1. The predicted molar refractivity (Wildman–Crippen MR) is 66.7 cm³/mol. The summed E-state index contributed by atoms with van der Waals surface area (Å²) in [6, 6.07) is 0. The zero-order valence-corrected chi connectivity index (χ0v) is 11.5. The Kier molecular flexibility index (Phi) is 3.96. The van der Waals surface area contributed by atoms with E-state index >= 15 is 0 Å². The third kappa shape index (κ3) is 2.54. The average Bonchev–Trinajstić information content (AvgIpc) is 2.81. The van der Waals surface area contributed by atoms with Gasteiger partial charge in [0.25, 0.3) is 0 Å². The molecule has 0 aromatic rings. The van der Waals surface area contributed by atoms with Crippen LogP contribution in [0.25, 0.3) is 0 Å². The van der Waals surface area contributed by atoms with Gasteiger partial charge in [0.2, 0.25) is 0 Å². The minimum atomic E-state index is -4.43. The maximum atomic E-state index is 13.3. The molecule has 19 heavy (non-hydrogen) atoms. The molecule has 1 aliphatic heterocycles. The second-order valence-electron chi connectivity index (χ2n) is 6.34. The second kappa shape index (κ2) is 5.08. The van der Waals surface area contributed by atoms with Gasteiger partial charge in [-0.1, -0.05) is 13.8 Å². The molecular weight excluding hydrogens is 255 g/mol. The van der Waals surface area contributed by atoms with Gasteiger partial charge in [-0.05, 0) is 44.1 Å². The maximum absolute atomic E-state index is 13.3. The molecule has 4 atom stereocenters. The van der Waals surface area contributed by atoms with Crippen LogP contribution in [0.5, 0.6) is 0 Å². The van der Waals surface area contributed by atoms with Gasteiger partial charge < -0.3 is 5.32 Å². The molecule has 4 unspecified atom stereocenters. The van der Waals surface area contributed by atoms with Crippen molar-refractivity contribution in [2.75, 3.05) is 13.1 Å². The molecule has 1 N–H and O–H groups in total. The Hall–Kier alpha value is -0.580. The van der Waals surface area contributed by atoms with Gasteiger partial charge >= 0.3 is 6.18 Å². The molecular formula is C14H22F3NO. The number of nitrogens with one attached hydrogen (secondary N) is 1. The Morgan fingerprint density at radius 3 is 2.37 bits per heavy atom. The van der Waals surface area contributed by atoms with Crippen LogP contribution in [0.4, 0.5) is 13.2 Å². The van der Waals surface area contributed by atoms with E-state index in [4.69, 9.17) is 0 Å². The van der Waals surface area contributed by atoms with Gasteiger partial charge in [0.15, 0.2) is 5.78 Å². The summed E-state index contributed by atoms with van der Waals surface area (Å²) in [5.41, 5.74) is -2.13. The van der Waals surface area contributed by atoms with Crippen LogP contribution in [-0.2, 0) is 4.79 Å². The Labute approximate surface area is 112 Å². The number of hydrogen-bond donors (Lipinski definition) is 1. The number of alkyl halides is 3. The van der Waals surface area contributed by atoms with Crippen molar-refractivity contribution in [2.24, 2.45) is 23.2 Å². The summed E-state index contributed by atoms with van der Waals surface area (Å²) in [4.78, 5) is 12.5. The SMILES string of the molecule is CC1CCC(C(=O)C2(C(F)(F)F)CCNC2)CC1C. The fraction of sp³-hybridized carbons (Fsp3) is 0.929. The van der Waals surface area contributed by atoms with Crippen LogP contribution in [0.2, 0.25) is 0 Å². The van der Waals surface area contributed by atoms with Crippen molar-refractivity contribution in [1.82, 2.24) is 5.32 Å². The van der Waals surface area contributed by atoms with Gasteiger partial charge in [-0.3, -0.25) is 4.79 Å². The quantitative estimate of drug-likeness (QED) is 0.840. The number of Topliss-reactive ketones (excluding diaryl/α,β-unsaturated/α-hetero) is 1. The van der Waals surface area contributed by atoms with Crippen LogP contribution in [0.1, 0.15) is 39.5 Å². The fourth-order valence-electron chi connectivity index (χ4n) is 3.46. The number of hydrogen-bond acceptors (Lipinski definition) is 2. The third-order valence-corrected chi connectivity index (χ3v) is 5.14. The largest absolute Gasteiger partial charge is 0.402 e. The smallest absolute Gasteiger partial charge is 0.315 e. The first kappa shape index (κ1) is 14.8. The summed E-state index contributed by atoms with van der Waals surface area (Å²) in [6.45, 7) is 4.19. The van der Waals surface area contributed by atoms with Gasteiger partial charge in [0, 0.05) is 12.5 Å². The predicted octanol–water partition coefficient (Wildman–Crippen LogP) is 3.17. The maximum Gasteiger partial charge on any atom is 0.402 e. The zero-order chi connectivity index (χ0) is 14.3. The van der Waals surface area contributed by atoms with Crippen molar-refractivity contribution in [3.63, 3.8) is 0 Å². The lowest BCUT2D eigenvalue weighted by atomic mass is 9.67. The molecule has 0 radical (unpaired) electrons. The van der Waals surface area contributed by atoms with E-state index in [1.807, 2.05) is 6.92 Å². The van der Waals surface area contributed by atoms with Crippen molar-refractivity contribution in [3.05, 3.63) is 0 Å². The first-order chi connectivity index (χ1) is 8.78. The summed E-state index contributed by atoms with van der Waals surface area (Å²) < 4.78 is 40.0. The highest BCUT2D eigenvalue weighted by Crippen LogP contribution is 2.48. The lowest BCUT2D eigenvalue weighted by Crippen LogP contribution is -2.50. The Morgan fingerprint density at radius 1 is 1.21 bits per heavy atom.